The smallest absolute Gasteiger partial charge is 0.0282 e. The van der Waals surface area contributed by atoms with Gasteiger partial charge in [-0.3, -0.25) is 0 Å². The lowest BCUT2D eigenvalue weighted by Crippen LogP contribution is -2.43. The van der Waals surface area contributed by atoms with Crippen molar-refractivity contribution in [1.82, 2.24) is 5.32 Å². The molecule has 0 unspecified atom stereocenters. The van der Waals surface area contributed by atoms with E-state index in [1.165, 1.54) is 38.5 Å². The highest BCUT2D eigenvalue weighted by Gasteiger charge is 2.44. The van der Waals surface area contributed by atoms with E-state index in [0.29, 0.717) is 0 Å². The highest BCUT2D eigenvalue weighted by atomic mass is 15.0. The van der Waals surface area contributed by atoms with E-state index in [-0.39, 0.29) is 5.54 Å². The summed E-state index contributed by atoms with van der Waals surface area (Å²) < 4.78 is 0. The van der Waals surface area contributed by atoms with Crippen molar-refractivity contribution >= 4 is 0 Å². The van der Waals surface area contributed by atoms with Gasteiger partial charge in [0.25, 0.3) is 0 Å². The van der Waals surface area contributed by atoms with E-state index in [1.54, 1.807) is 0 Å². The van der Waals surface area contributed by atoms with Crippen LogP contribution >= 0.6 is 0 Å². The molecule has 3 saturated carbocycles. The van der Waals surface area contributed by atoms with Crippen LogP contribution in [0.4, 0.5) is 0 Å². The lowest BCUT2D eigenvalue weighted by molar-refractivity contribution is 0.396. The summed E-state index contributed by atoms with van der Waals surface area (Å²) in [6.45, 7) is 1.07. The van der Waals surface area contributed by atoms with Crippen molar-refractivity contribution in [2.75, 3.05) is 6.54 Å². The van der Waals surface area contributed by atoms with Gasteiger partial charge in [0.1, 0.15) is 0 Å². The average Bonchev–Trinajstić information content (AvgIpc) is 2.95. The van der Waals surface area contributed by atoms with Crippen molar-refractivity contribution in [3.05, 3.63) is 0 Å². The first-order valence-corrected chi connectivity index (χ1v) is 5.79. The third kappa shape index (κ3) is 1.89. The number of nitrogens with one attached hydrogen (secondary N) is 1. The summed E-state index contributed by atoms with van der Waals surface area (Å²) in [7, 11) is 0. The standard InChI is InChI=1S/C11H20N2/c12-11(5-6-11)7-13-10(8-1-2-8)9-3-4-9/h8-10,13H,1-7,12H2. The Labute approximate surface area is 80.3 Å². The average molecular weight is 180 g/mol. The van der Waals surface area contributed by atoms with Gasteiger partial charge >= 0.3 is 0 Å². The van der Waals surface area contributed by atoms with Crippen molar-refractivity contribution in [2.45, 2.75) is 50.1 Å². The van der Waals surface area contributed by atoms with E-state index in [1.807, 2.05) is 0 Å². The molecule has 0 atom stereocenters. The van der Waals surface area contributed by atoms with Gasteiger partial charge in [-0.05, 0) is 50.4 Å². The van der Waals surface area contributed by atoms with Crippen LogP contribution in [0.25, 0.3) is 0 Å². The van der Waals surface area contributed by atoms with E-state index < -0.39 is 0 Å². The zero-order chi connectivity index (χ0) is 8.89. The van der Waals surface area contributed by atoms with Crippen LogP contribution in [0.5, 0.6) is 0 Å². The third-order valence-electron chi connectivity index (χ3n) is 3.84. The fourth-order valence-electron chi connectivity index (χ4n) is 2.29. The van der Waals surface area contributed by atoms with Crippen LogP contribution in [0.15, 0.2) is 0 Å². The summed E-state index contributed by atoms with van der Waals surface area (Å²) in [6, 6.07) is 0.834. The fraction of sp³-hybridized carbons (Fsp3) is 1.00. The van der Waals surface area contributed by atoms with Gasteiger partial charge in [-0.2, -0.15) is 0 Å². The minimum absolute atomic E-state index is 0.196. The molecular weight excluding hydrogens is 160 g/mol. The predicted octanol–water partition coefficient (Wildman–Crippen LogP) is 1.26. The molecule has 0 bridgehead atoms. The first kappa shape index (κ1) is 8.25. The molecule has 0 spiro atoms. The van der Waals surface area contributed by atoms with E-state index in [2.05, 4.69) is 5.32 Å². The molecule has 0 radical (unpaired) electrons. The maximum absolute atomic E-state index is 6.07. The molecule has 0 aliphatic heterocycles. The van der Waals surface area contributed by atoms with E-state index in [0.717, 1.165) is 24.4 Å². The molecule has 2 nitrogen and oxygen atoms in total. The summed E-state index contributed by atoms with van der Waals surface area (Å²) in [5, 5.41) is 3.72. The van der Waals surface area contributed by atoms with E-state index in [9.17, 15) is 0 Å². The summed E-state index contributed by atoms with van der Waals surface area (Å²) >= 11 is 0. The summed E-state index contributed by atoms with van der Waals surface area (Å²) in [5.74, 6) is 2.02. The Morgan fingerprint density at radius 2 is 1.69 bits per heavy atom. The quantitative estimate of drug-likeness (QED) is 0.668. The second-order valence-electron chi connectivity index (χ2n) is 5.44. The van der Waals surface area contributed by atoms with Crippen molar-refractivity contribution in [2.24, 2.45) is 17.6 Å². The number of hydrogen-bond donors (Lipinski definition) is 2. The normalized spacial score (nSPS) is 30.9. The van der Waals surface area contributed by atoms with Gasteiger partial charge in [0.2, 0.25) is 0 Å². The molecule has 3 aliphatic rings. The lowest BCUT2D eigenvalue weighted by atomic mass is 10.1. The minimum Gasteiger partial charge on any atom is -0.324 e. The van der Waals surface area contributed by atoms with Crippen molar-refractivity contribution in [3.8, 4) is 0 Å². The topological polar surface area (TPSA) is 38.0 Å². The molecule has 3 rings (SSSR count). The summed E-state index contributed by atoms with van der Waals surface area (Å²) in [4.78, 5) is 0. The largest absolute Gasteiger partial charge is 0.324 e. The second kappa shape index (κ2) is 2.71. The molecule has 0 aromatic rings. The molecule has 0 aromatic carbocycles. The Kier molecular flexibility index (Phi) is 1.72. The van der Waals surface area contributed by atoms with Gasteiger partial charge in [-0.1, -0.05) is 0 Å². The van der Waals surface area contributed by atoms with Crippen LogP contribution < -0.4 is 11.1 Å². The zero-order valence-electron chi connectivity index (χ0n) is 8.26. The van der Waals surface area contributed by atoms with Gasteiger partial charge in [0, 0.05) is 18.1 Å². The van der Waals surface area contributed by atoms with Crippen LogP contribution in [0.2, 0.25) is 0 Å². The fourth-order valence-corrected chi connectivity index (χ4v) is 2.29. The van der Waals surface area contributed by atoms with Crippen molar-refractivity contribution in [3.63, 3.8) is 0 Å². The number of hydrogen-bond acceptors (Lipinski definition) is 2. The molecule has 0 heterocycles. The van der Waals surface area contributed by atoms with Gasteiger partial charge in [-0.25, -0.2) is 0 Å². The zero-order valence-corrected chi connectivity index (χ0v) is 8.26. The Hall–Kier alpha value is -0.0800. The lowest BCUT2D eigenvalue weighted by Gasteiger charge is -2.20. The molecule has 3 aliphatic carbocycles. The Balaban J connectivity index is 1.50. The molecule has 2 heteroatoms. The van der Waals surface area contributed by atoms with Crippen LogP contribution in [0.1, 0.15) is 38.5 Å². The first-order chi connectivity index (χ1) is 6.27. The van der Waals surface area contributed by atoms with Crippen LogP contribution in [-0.2, 0) is 0 Å². The van der Waals surface area contributed by atoms with Crippen molar-refractivity contribution in [1.29, 1.82) is 0 Å². The molecule has 3 fully saturated rings. The molecule has 13 heavy (non-hydrogen) atoms. The Bertz CT molecular complexity index is 190. The highest BCUT2D eigenvalue weighted by molar-refractivity contribution is 5.04. The van der Waals surface area contributed by atoms with Gasteiger partial charge < -0.3 is 11.1 Å². The molecule has 0 saturated heterocycles. The molecule has 0 amide bonds. The van der Waals surface area contributed by atoms with Gasteiger partial charge in [0.15, 0.2) is 0 Å². The predicted molar refractivity (Wildman–Crippen MR) is 53.4 cm³/mol. The van der Waals surface area contributed by atoms with Crippen LogP contribution in [-0.4, -0.2) is 18.1 Å². The monoisotopic (exact) mass is 180 g/mol. The van der Waals surface area contributed by atoms with Crippen LogP contribution in [0, 0.1) is 11.8 Å². The first-order valence-electron chi connectivity index (χ1n) is 5.79. The Morgan fingerprint density at radius 1 is 1.15 bits per heavy atom. The third-order valence-corrected chi connectivity index (χ3v) is 3.84. The second-order valence-corrected chi connectivity index (χ2v) is 5.44. The number of nitrogens with two attached hydrogens (primary N) is 1. The minimum atomic E-state index is 0.196. The summed E-state index contributed by atoms with van der Waals surface area (Å²) in [6.07, 6.45) is 8.33. The number of rotatable bonds is 5. The molecule has 74 valence electrons. The maximum atomic E-state index is 6.07. The van der Waals surface area contributed by atoms with Crippen LogP contribution in [0.3, 0.4) is 0 Å². The molecular formula is C11H20N2. The van der Waals surface area contributed by atoms with Gasteiger partial charge in [0.05, 0.1) is 0 Å². The maximum Gasteiger partial charge on any atom is 0.0282 e. The van der Waals surface area contributed by atoms with E-state index >= 15 is 0 Å². The summed E-state index contributed by atoms with van der Waals surface area (Å²) in [5.41, 5.74) is 6.27. The SMILES string of the molecule is NC1(CNC(C2CC2)C2CC2)CC1. The van der Waals surface area contributed by atoms with Gasteiger partial charge in [-0.15, -0.1) is 0 Å². The molecule has 3 N–H and O–H groups in total. The van der Waals surface area contributed by atoms with E-state index in [4.69, 9.17) is 5.73 Å². The Morgan fingerprint density at radius 3 is 2.08 bits per heavy atom. The highest BCUT2D eigenvalue weighted by Crippen LogP contribution is 2.45. The molecule has 0 aromatic heterocycles. The van der Waals surface area contributed by atoms with Crippen molar-refractivity contribution < 1.29 is 0 Å².